The first-order valence-electron chi connectivity index (χ1n) is 12.3. The van der Waals surface area contributed by atoms with Gasteiger partial charge in [-0.2, -0.15) is 0 Å². The smallest absolute Gasteiger partial charge is 0.333 e. The topological polar surface area (TPSA) is 171 Å². The lowest BCUT2D eigenvalue weighted by atomic mass is 9.96. The fourth-order valence-electron chi connectivity index (χ4n) is 3.88. The molecule has 13 nitrogen and oxygen atoms in total. The number of aromatic nitrogens is 1. The molecule has 0 saturated carbocycles. The summed E-state index contributed by atoms with van der Waals surface area (Å²) in [5.41, 5.74) is 9.23. The van der Waals surface area contributed by atoms with Crippen LogP contribution in [-0.4, -0.2) is 33.1 Å². The van der Waals surface area contributed by atoms with Gasteiger partial charge in [-0.1, -0.05) is 23.3 Å². The molecule has 0 saturated heterocycles. The summed E-state index contributed by atoms with van der Waals surface area (Å²) in [5.74, 6) is -1.11. The number of allylic oxidation sites excluding steroid dienone is 1. The van der Waals surface area contributed by atoms with Gasteiger partial charge in [0.05, 0.1) is 31.5 Å². The van der Waals surface area contributed by atoms with Crippen LogP contribution in [0.4, 0.5) is 5.69 Å². The van der Waals surface area contributed by atoms with E-state index in [1.54, 1.807) is 50.3 Å². The number of hydrogen-bond donors (Lipinski definition) is 2. The molecular weight excluding hydrogens is 530 g/mol. The first kappa shape index (κ1) is 29.7. The molecule has 0 spiro atoms. The minimum Gasteiger partial charge on any atom is -0.505 e. The zero-order valence-corrected chi connectivity index (χ0v) is 22.2. The van der Waals surface area contributed by atoms with Crippen LogP contribution < -0.4 is 9.57 Å². The van der Waals surface area contributed by atoms with Gasteiger partial charge in [0, 0.05) is 29.0 Å². The summed E-state index contributed by atoms with van der Waals surface area (Å²) in [6.45, 7) is 18.5. The molecule has 1 aromatic heterocycles. The zero-order valence-electron chi connectivity index (χ0n) is 22.2. The Balaban J connectivity index is 1.65. The number of nitrogens with zero attached hydrogens (tertiary/aromatic N) is 7. The highest BCUT2D eigenvalue weighted by Crippen LogP contribution is 2.41. The summed E-state index contributed by atoms with van der Waals surface area (Å²) in [5, 5.41) is 32.0. The molecule has 1 aromatic carbocycles. The van der Waals surface area contributed by atoms with Gasteiger partial charge in [-0.15, -0.1) is 4.73 Å². The highest BCUT2D eigenvalue weighted by molar-refractivity contribution is 5.70. The molecule has 0 fully saturated rings. The molecule has 0 radical (unpaired) electrons. The number of nitriles is 1. The Morgan fingerprint density at radius 2 is 1.93 bits per heavy atom. The molecule has 0 amide bonds. The monoisotopic (exact) mass is 555 g/mol. The van der Waals surface area contributed by atoms with Gasteiger partial charge in [0.2, 0.25) is 17.5 Å². The van der Waals surface area contributed by atoms with Crippen LogP contribution >= 0.6 is 0 Å². The first-order valence-corrected chi connectivity index (χ1v) is 12.3. The second-order valence-corrected chi connectivity index (χ2v) is 9.10. The van der Waals surface area contributed by atoms with Crippen molar-refractivity contribution in [2.45, 2.75) is 45.1 Å². The fourth-order valence-corrected chi connectivity index (χ4v) is 3.88. The minimum absolute atomic E-state index is 0.0424. The van der Waals surface area contributed by atoms with E-state index in [4.69, 9.17) is 33.0 Å². The van der Waals surface area contributed by atoms with Gasteiger partial charge in [-0.25, -0.2) is 19.7 Å². The quantitative estimate of drug-likeness (QED) is 0.0843. The Bertz CT molecular complexity index is 1570. The lowest BCUT2D eigenvalue weighted by Crippen LogP contribution is -2.20. The van der Waals surface area contributed by atoms with Crippen LogP contribution in [0.1, 0.15) is 45.1 Å². The molecule has 0 aliphatic carbocycles. The van der Waals surface area contributed by atoms with Crippen molar-refractivity contribution in [3.8, 4) is 23.6 Å². The molecular formula is C28H25N7O6. The summed E-state index contributed by atoms with van der Waals surface area (Å²) in [6, 6.07) is 9.12. The van der Waals surface area contributed by atoms with E-state index in [2.05, 4.69) is 19.7 Å². The number of rotatable bonds is 11. The summed E-state index contributed by atoms with van der Waals surface area (Å²) < 4.78 is 12.3. The van der Waals surface area contributed by atoms with Gasteiger partial charge in [-0.3, -0.25) is 0 Å². The van der Waals surface area contributed by atoms with Gasteiger partial charge >= 0.3 is 5.97 Å². The summed E-state index contributed by atoms with van der Waals surface area (Å²) in [6.07, 6.45) is 5.13. The number of aromatic hydroxyl groups is 2. The Hall–Kier alpha value is -5.83. The maximum absolute atomic E-state index is 11.9. The average Bonchev–Trinajstić information content (AvgIpc) is 3.40. The number of hydrogen-bond acceptors (Lipinski definition) is 8. The predicted molar refractivity (Wildman–Crippen MR) is 146 cm³/mol. The largest absolute Gasteiger partial charge is 0.505 e. The molecule has 208 valence electrons. The van der Waals surface area contributed by atoms with Gasteiger partial charge in [0.25, 0.3) is 5.70 Å². The van der Waals surface area contributed by atoms with Crippen molar-refractivity contribution in [3.05, 3.63) is 98.0 Å². The first-order chi connectivity index (χ1) is 19.6. The van der Waals surface area contributed by atoms with E-state index in [9.17, 15) is 20.3 Å². The number of unbranched alkanes of at least 4 members (excludes halogenated alkanes) is 2. The molecule has 2 aromatic rings. The van der Waals surface area contributed by atoms with Crippen LogP contribution in [0.15, 0.2) is 64.2 Å². The Kier molecular flexibility index (Phi) is 9.64. The molecule has 41 heavy (non-hydrogen) atoms. The number of carbonyl (C=O) groups excluding carboxylic acids is 1. The molecule has 2 heterocycles. The Morgan fingerprint density at radius 1 is 1.20 bits per heavy atom. The van der Waals surface area contributed by atoms with Gasteiger partial charge in [0.1, 0.15) is 17.1 Å². The van der Waals surface area contributed by atoms with E-state index < -0.39 is 23.3 Å². The van der Waals surface area contributed by atoms with Crippen LogP contribution in [0.5, 0.6) is 17.5 Å². The van der Waals surface area contributed by atoms with Crippen LogP contribution in [0.25, 0.3) is 26.2 Å². The zero-order chi connectivity index (χ0) is 30.0. The highest BCUT2D eigenvalue weighted by atomic mass is 16.7. The minimum atomic E-state index is -0.946. The lowest BCUT2D eigenvalue weighted by Gasteiger charge is -2.22. The molecule has 0 bridgehead atoms. The number of azide groups is 1. The molecule has 2 N–H and O–H groups in total. The summed E-state index contributed by atoms with van der Waals surface area (Å²) in [4.78, 5) is 26.3. The third-order valence-electron chi connectivity index (χ3n) is 5.87. The van der Waals surface area contributed by atoms with Gasteiger partial charge in [0.15, 0.2) is 0 Å². The van der Waals surface area contributed by atoms with E-state index in [1.807, 2.05) is 0 Å². The predicted octanol–water partition coefficient (Wildman–Crippen LogP) is 6.09. The SMILES string of the molecule is [C-]#[N+]C(C#N)=C1OC(C)(C)C(C=Cc2ccc(N=[N+]=[N-])c(OCCCCCC(=O)On3c(O)ccc3O)c2)=C1[N+]#[C-]. The number of carbonyl (C=O) groups is 1. The van der Waals surface area contributed by atoms with Crippen LogP contribution in [0.3, 0.4) is 0 Å². The second kappa shape index (κ2) is 13.3. The summed E-state index contributed by atoms with van der Waals surface area (Å²) in [7, 11) is 0. The van der Waals surface area contributed by atoms with Crippen molar-refractivity contribution >= 4 is 17.7 Å². The number of benzene rings is 1. The lowest BCUT2D eigenvalue weighted by molar-refractivity contribution is -0.145. The van der Waals surface area contributed by atoms with Crippen LogP contribution in [0.2, 0.25) is 0 Å². The van der Waals surface area contributed by atoms with E-state index in [0.717, 1.165) is 0 Å². The van der Waals surface area contributed by atoms with E-state index in [0.29, 0.717) is 40.9 Å². The Morgan fingerprint density at radius 3 is 2.56 bits per heavy atom. The van der Waals surface area contributed by atoms with Crippen LogP contribution in [0, 0.1) is 24.5 Å². The maximum atomic E-state index is 11.9. The molecule has 13 heteroatoms. The van der Waals surface area contributed by atoms with E-state index in [-0.39, 0.29) is 35.9 Å². The Labute approximate surface area is 235 Å². The highest BCUT2D eigenvalue weighted by Gasteiger charge is 2.38. The van der Waals surface area contributed by atoms with Crippen molar-refractivity contribution in [3.63, 3.8) is 0 Å². The normalized spacial score (nSPS) is 14.8. The van der Waals surface area contributed by atoms with Crippen molar-refractivity contribution < 1.29 is 29.3 Å². The fraction of sp³-hybridized carbons (Fsp3) is 0.286. The molecule has 0 atom stereocenters. The standard InChI is InChI=1S/C28H25N7O6/c1-28(2)19(26(32-4)27(40-28)21(17-29)31-3)11-9-18-10-12-20(33-34-30)22(16-18)39-15-7-5-6-8-25(38)41-35-23(36)13-14-24(35)37/h9-14,16,36-37H,5-8,15H2,1-2H3. The molecule has 3 rings (SSSR count). The summed E-state index contributed by atoms with van der Waals surface area (Å²) >= 11 is 0. The maximum Gasteiger partial charge on any atom is 0.333 e. The van der Waals surface area contributed by atoms with E-state index in [1.165, 1.54) is 12.1 Å². The van der Waals surface area contributed by atoms with Crippen molar-refractivity contribution in [2.24, 2.45) is 5.11 Å². The van der Waals surface area contributed by atoms with Gasteiger partial charge < -0.3 is 24.5 Å². The van der Waals surface area contributed by atoms with Crippen molar-refractivity contribution in [1.29, 1.82) is 5.26 Å². The number of ether oxygens (including phenoxy) is 2. The van der Waals surface area contributed by atoms with Gasteiger partial charge in [-0.05, 0) is 56.3 Å². The van der Waals surface area contributed by atoms with Crippen LogP contribution in [-0.2, 0) is 9.53 Å². The van der Waals surface area contributed by atoms with E-state index >= 15 is 0 Å². The molecule has 1 aliphatic rings. The average molecular weight is 556 g/mol. The third kappa shape index (κ3) is 7.18. The molecule has 0 unspecified atom stereocenters. The third-order valence-corrected chi connectivity index (χ3v) is 5.87. The van der Waals surface area contributed by atoms with Crippen molar-refractivity contribution in [2.75, 3.05) is 6.61 Å². The second-order valence-electron chi connectivity index (χ2n) is 9.10. The van der Waals surface area contributed by atoms with Crippen molar-refractivity contribution in [1.82, 2.24) is 4.73 Å². The molecule has 1 aliphatic heterocycles.